The van der Waals surface area contributed by atoms with Crippen LogP contribution in [0.5, 0.6) is 0 Å². The number of benzene rings is 2. The van der Waals surface area contributed by atoms with E-state index in [1.54, 1.807) is 31.3 Å². The summed E-state index contributed by atoms with van der Waals surface area (Å²) in [6.45, 7) is 9.59. The first-order chi connectivity index (χ1) is 20.4. The number of rotatable bonds is 13. The Morgan fingerprint density at radius 3 is 2.16 bits per heavy atom. The van der Waals surface area contributed by atoms with Gasteiger partial charge in [0.15, 0.2) is 0 Å². The third kappa shape index (κ3) is 9.49. The molecule has 43 heavy (non-hydrogen) atoms. The Balaban J connectivity index is 1.73. The maximum Gasteiger partial charge on any atom is 0.252 e. The van der Waals surface area contributed by atoms with Gasteiger partial charge >= 0.3 is 0 Å². The van der Waals surface area contributed by atoms with Crippen molar-refractivity contribution in [2.45, 2.75) is 65.3 Å². The van der Waals surface area contributed by atoms with Gasteiger partial charge in [-0.05, 0) is 36.4 Å². The van der Waals surface area contributed by atoms with Gasteiger partial charge in [-0.15, -0.1) is 0 Å². The van der Waals surface area contributed by atoms with Gasteiger partial charge in [0.2, 0.25) is 17.7 Å². The van der Waals surface area contributed by atoms with Gasteiger partial charge in [0, 0.05) is 18.9 Å². The maximum atomic E-state index is 13.7. The lowest BCUT2D eigenvalue weighted by Gasteiger charge is -2.37. The van der Waals surface area contributed by atoms with Crippen LogP contribution in [0.1, 0.15) is 51.7 Å². The maximum absolute atomic E-state index is 13.7. The molecule has 1 aliphatic rings. The van der Waals surface area contributed by atoms with Crippen molar-refractivity contribution in [3.63, 3.8) is 0 Å². The molecule has 4 amide bonds. The summed E-state index contributed by atoms with van der Waals surface area (Å²) in [6.07, 6.45) is 3.17. The molecule has 1 aliphatic heterocycles. The summed E-state index contributed by atoms with van der Waals surface area (Å²) in [5, 5.41) is 8.29. The van der Waals surface area contributed by atoms with Crippen molar-refractivity contribution in [1.29, 1.82) is 0 Å². The number of carbonyl (C=O) groups is 4. The summed E-state index contributed by atoms with van der Waals surface area (Å²) in [5.74, 6) is -1.48. The number of hydrogen-bond donors (Lipinski definition) is 3. The van der Waals surface area contributed by atoms with Gasteiger partial charge < -0.3 is 30.5 Å². The number of carbonyl (C=O) groups excluding carboxylic acids is 4. The second kappa shape index (κ2) is 15.5. The summed E-state index contributed by atoms with van der Waals surface area (Å²) >= 11 is 0. The molecular formula is C33H45N5O5. The highest BCUT2D eigenvalue weighted by Gasteiger charge is 2.37. The summed E-state index contributed by atoms with van der Waals surface area (Å²) < 4.78 is 5.92. The number of nitrogens with one attached hydrogen (secondary N) is 3. The van der Waals surface area contributed by atoms with E-state index in [-0.39, 0.29) is 37.5 Å². The predicted octanol–water partition coefficient (Wildman–Crippen LogP) is 2.77. The normalized spacial score (nSPS) is 17.3. The molecule has 3 rings (SSSR count). The largest absolute Gasteiger partial charge is 0.374 e. The number of ether oxygens (including phenoxy) is 1. The molecule has 0 radical (unpaired) electrons. The van der Waals surface area contributed by atoms with Crippen LogP contribution >= 0.6 is 0 Å². The van der Waals surface area contributed by atoms with Gasteiger partial charge in [-0.2, -0.15) is 0 Å². The van der Waals surface area contributed by atoms with Crippen LogP contribution in [0.4, 0.5) is 0 Å². The highest BCUT2D eigenvalue weighted by Crippen LogP contribution is 2.22. The van der Waals surface area contributed by atoms with E-state index in [2.05, 4.69) is 16.0 Å². The molecular weight excluding hydrogens is 546 g/mol. The highest BCUT2D eigenvalue weighted by molar-refractivity contribution is 5.94. The Morgan fingerprint density at radius 1 is 0.930 bits per heavy atom. The Bertz CT molecular complexity index is 1260. The van der Waals surface area contributed by atoms with Crippen molar-refractivity contribution in [2.24, 2.45) is 5.41 Å². The van der Waals surface area contributed by atoms with Crippen molar-refractivity contribution in [2.75, 3.05) is 26.7 Å². The van der Waals surface area contributed by atoms with Crippen LogP contribution < -0.4 is 16.0 Å². The van der Waals surface area contributed by atoms with Gasteiger partial charge in [0.25, 0.3) is 5.91 Å². The minimum atomic E-state index is -0.907. The summed E-state index contributed by atoms with van der Waals surface area (Å²) in [4.78, 5) is 55.7. The van der Waals surface area contributed by atoms with Crippen LogP contribution in [0.25, 0.3) is 0 Å². The molecule has 2 aromatic rings. The molecule has 0 saturated carbocycles. The minimum Gasteiger partial charge on any atom is -0.374 e. The molecule has 0 bridgehead atoms. The summed E-state index contributed by atoms with van der Waals surface area (Å²) in [7, 11) is 1.66. The Hall–Kier alpha value is -4.02. The van der Waals surface area contributed by atoms with Crippen molar-refractivity contribution in [3.8, 4) is 0 Å². The van der Waals surface area contributed by atoms with Crippen molar-refractivity contribution in [1.82, 2.24) is 25.8 Å². The van der Waals surface area contributed by atoms with E-state index in [1.807, 2.05) is 88.4 Å². The molecule has 3 N–H and O–H groups in total. The van der Waals surface area contributed by atoms with Gasteiger partial charge in [-0.25, -0.2) is 0 Å². The molecule has 0 aromatic heterocycles. The Labute approximate surface area is 254 Å². The monoisotopic (exact) mass is 591 g/mol. The molecule has 1 heterocycles. The van der Waals surface area contributed by atoms with Crippen LogP contribution in [0.15, 0.2) is 73.1 Å². The van der Waals surface area contributed by atoms with Crippen LogP contribution in [0, 0.1) is 5.41 Å². The third-order valence-corrected chi connectivity index (χ3v) is 7.48. The molecule has 10 heteroatoms. The smallest absolute Gasteiger partial charge is 0.252 e. The fourth-order valence-electron chi connectivity index (χ4n) is 4.67. The van der Waals surface area contributed by atoms with Crippen molar-refractivity contribution in [3.05, 3.63) is 84.2 Å². The van der Waals surface area contributed by atoms with E-state index in [1.165, 1.54) is 4.90 Å². The lowest BCUT2D eigenvalue weighted by atomic mass is 9.86. The van der Waals surface area contributed by atoms with Crippen molar-refractivity contribution < 1.29 is 23.9 Å². The molecule has 10 nitrogen and oxygen atoms in total. The second-order valence-electron chi connectivity index (χ2n) is 12.0. The average molecular weight is 592 g/mol. The van der Waals surface area contributed by atoms with Crippen LogP contribution in [-0.4, -0.2) is 78.3 Å². The average Bonchev–Trinajstić information content (AvgIpc) is 3.00. The Morgan fingerprint density at radius 2 is 1.56 bits per heavy atom. The molecule has 2 aromatic carbocycles. The highest BCUT2D eigenvalue weighted by atomic mass is 16.5. The lowest BCUT2D eigenvalue weighted by Crippen LogP contribution is -2.58. The quantitative estimate of drug-likeness (QED) is 0.330. The van der Waals surface area contributed by atoms with Crippen LogP contribution in [-0.2, 0) is 30.5 Å². The standard InChI is InChI=1S/C33H45N5O5/c1-23(26-15-11-8-12-16-26)20-37-17-18-38(27(32(37)42)22-43-21-25-13-9-7-10-14-25)28(39)19-35-31(41)29(33(3,4)5)36-30(40)24(2)34-6/h7-18,23-24,27,29,34H,19-22H2,1-6H3,(H,35,41)(H,36,40)/t23?,24-,27-,29+/m0/s1. The topological polar surface area (TPSA) is 120 Å². The molecule has 0 spiro atoms. The van der Waals surface area contributed by atoms with E-state index < -0.39 is 35.4 Å². The fourth-order valence-corrected chi connectivity index (χ4v) is 4.67. The van der Waals surface area contributed by atoms with E-state index in [0.29, 0.717) is 6.54 Å². The first kappa shape index (κ1) is 33.5. The zero-order chi connectivity index (χ0) is 31.6. The Kier molecular flexibility index (Phi) is 12.0. The molecule has 1 unspecified atom stereocenters. The molecule has 232 valence electrons. The zero-order valence-electron chi connectivity index (χ0n) is 26.0. The SMILES string of the molecule is CN[C@@H](C)C(=O)N[C@H](C(=O)NCC(=O)N1C=CN(CC(C)c2ccccc2)C(=O)[C@@H]1COCc1ccccc1)C(C)(C)C. The van der Waals surface area contributed by atoms with E-state index in [0.717, 1.165) is 11.1 Å². The first-order valence-electron chi connectivity index (χ1n) is 14.6. The van der Waals surface area contributed by atoms with E-state index in [4.69, 9.17) is 4.74 Å². The molecule has 4 atom stereocenters. The number of amides is 4. The number of nitrogens with zero attached hydrogens (tertiary/aromatic N) is 2. The number of likely N-dealkylation sites (N-methyl/N-ethyl adjacent to an activating group) is 1. The van der Waals surface area contributed by atoms with E-state index in [9.17, 15) is 19.2 Å². The fraction of sp³-hybridized carbons (Fsp3) is 0.455. The molecule has 0 fully saturated rings. The third-order valence-electron chi connectivity index (χ3n) is 7.48. The lowest BCUT2D eigenvalue weighted by molar-refractivity contribution is -0.146. The van der Waals surface area contributed by atoms with Gasteiger partial charge in [0.05, 0.1) is 25.8 Å². The van der Waals surface area contributed by atoms with Crippen molar-refractivity contribution >= 4 is 23.6 Å². The van der Waals surface area contributed by atoms with Gasteiger partial charge in [0.1, 0.15) is 12.1 Å². The van der Waals surface area contributed by atoms with Crippen LogP contribution in [0.3, 0.4) is 0 Å². The van der Waals surface area contributed by atoms with Gasteiger partial charge in [-0.3, -0.25) is 19.2 Å². The van der Waals surface area contributed by atoms with Gasteiger partial charge in [-0.1, -0.05) is 88.4 Å². The second-order valence-corrected chi connectivity index (χ2v) is 12.0. The summed E-state index contributed by atoms with van der Waals surface area (Å²) in [6, 6.07) is 17.2. The molecule has 0 aliphatic carbocycles. The molecule has 0 saturated heterocycles. The zero-order valence-corrected chi connectivity index (χ0v) is 26.0. The van der Waals surface area contributed by atoms with E-state index >= 15 is 0 Å². The van der Waals surface area contributed by atoms with Crippen LogP contribution in [0.2, 0.25) is 0 Å². The minimum absolute atomic E-state index is 0.0173. The number of hydrogen-bond acceptors (Lipinski definition) is 6. The predicted molar refractivity (Wildman–Crippen MR) is 165 cm³/mol. The summed E-state index contributed by atoms with van der Waals surface area (Å²) in [5.41, 5.74) is 1.44. The first-order valence-corrected chi connectivity index (χ1v) is 14.6.